The minimum atomic E-state index is 0.0809. The quantitative estimate of drug-likeness (QED) is 0.816. The van der Waals surface area contributed by atoms with E-state index in [0.717, 1.165) is 6.61 Å². The number of thiophene rings is 1. The van der Waals surface area contributed by atoms with Gasteiger partial charge in [0.05, 0.1) is 0 Å². The van der Waals surface area contributed by atoms with Crippen LogP contribution in [0.2, 0.25) is 0 Å². The van der Waals surface area contributed by atoms with Crippen LogP contribution in [0.3, 0.4) is 0 Å². The van der Waals surface area contributed by atoms with Gasteiger partial charge in [0.15, 0.2) is 0 Å². The minimum absolute atomic E-state index is 0.0809. The molecule has 1 rings (SSSR count). The molecule has 0 aliphatic carbocycles. The molecule has 1 heterocycles. The Balaban J connectivity index is 2.58. The van der Waals surface area contributed by atoms with E-state index >= 15 is 0 Å². The van der Waals surface area contributed by atoms with E-state index in [9.17, 15) is 0 Å². The lowest BCUT2D eigenvalue weighted by Crippen LogP contribution is -2.17. The van der Waals surface area contributed by atoms with Crippen molar-refractivity contribution < 1.29 is 4.74 Å². The van der Waals surface area contributed by atoms with Crippen molar-refractivity contribution in [3.8, 4) is 0 Å². The lowest BCUT2D eigenvalue weighted by atomic mass is 10.2. The van der Waals surface area contributed by atoms with Crippen LogP contribution in [-0.4, -0.2) is 13.2 Å². The highest BCUT2D eigenvalue weighted by Crippen LogP contribution is 2.26. The first-order valence-corrected chi connectivity index (χ1v) is 5.88. The SMILES string of the molecule is Cc1ccsc1C(CN)OCC(C)C. The zero-order chi connectivity index (χ0) is 10.6. The molecule has 1 unspecified atom stereocenters. The lowest BCUT2D eigenvalue weighted by Gasteiger charge is -2.17. The summed E-state index contributed by atoms with van der Waals surface area (Å²) in [4.78, 5) is 1.27. The van der Waals surface area contributed by atoms with Crippen molar-refractivity contribution in [1.82, 2.24) is 0 Å². The Morgan fingerprint density at radius 2 is 2.21 bits per heavy atom. The summed E-state index contributed by atoms with van der Waals surface area (Å²) in [5, 5.41) is 2.09. The molecule has 0 aromatic carbocycles. The van der Waals surface area contributed by atoms with Crippen LogP contribution < -0.4 is 5.73 Å². The highest BCUT2D eigenvalue weighted by Gasteiger charge is 2.14. The Morgan fingerprint density at radius 3 is 2.64 bits per heavy atom. The third kappa shape index (κ3) is 3.08. The molecule has 0 amide bonds. The molecule has 2 nitrogen and oxygen atoms in total. The van der Waals surface area contributed by atoms with Gasteiger partial charge in [-0.15, -0.1) is 11.3 Å². The van der Waals surface area contributed by atoms with Crippen molar-refractivity contribution in [1.29, 1.82) is 0 Å². The molecule has 0 saturated heterocycles. The second-order valence-electron chi connectivity index (χ2n) is 3.92. The van der Waals surface area contributed by atoms with Crippen molar-refractivity contribution in [3.05, 3.63) is 21.9 Å². The summed E-state index contributed by atoms with van der Waals surface area (Å²) in [5.74, 6) is 0.560. The Labute approximate surface area is 90.1 Å². The molecule has 0 saturated carbocycles. The molecule has 1 aromatic rings. The molecule has 14 heavy (non-hydrogen) atoms. The average Bonchev–Trinajstić information content (AvgIpc) is 2.53. The van der Waals surface area contributed by atoms with Gasteiger partial charge in [-0.25, -0.2) is 0 Å². The van der Waals surface area contributed by atoms with Gasteiger partial charge in [-0.1, -0.05) is 13.8 Å². The van der Waals surface area contributed by atoms with Crippen molar-refractivity contribution in [2.45, 2.75) is 26.9 Å². The molecule has 0 bridgehead atoms. The minimum Gasteiger partial charge on any atom is -0.371 e. The normalized spacial score (nSPS) is 13.5. The second kappa shape index (κ2) is 5.49. The van der Waals surface area contributed by atoms with E-state index in [1.54, 1.807) is 11.3 Å². The smallest absolute Gasteiger partial charge is 0.104 e. The van der Waals surface area contributed by atoms with E-state index in [-0.39, 0.29) is 6.10 Å². The molecule has 1 aromatic heterocycles. The Kier molecular flexibility index (Phi) is 4.58. The van der Waals surface area contributed by atoms with Gasteiger partial charge in [-0.05, 0) is 29.9 Å². The summed E-state index contributed by atoms with van der Waals surface area (Å²) < 4.78 is 5.76. The topological polar surface area (TPSA) is 35.2 Å². The zero-order valence-corrected chi connectivity index (χ0v) is 9.93. The van der Waals surface area contributed by atoms with Gasteiger partial charge in [0, 0.05) is 18.0 Å². The molecule has 0 aliphatic heterocycles. The fraction of sp³-hybridized carbons (Fsp3) is 0.636. The molecule has 0 fully saturated rings. The predicted molar refractivity (Wildman–Crippen MR) is 61.6 cm³/mol. The Morgan fingerprint density at radius 1 is 1.50 bits per heavy atom. The summed E-state index contributed by atoms with van der Waals surface area (Å²) >= 11 is 1.73. The van der Waals surface area contributed by atoms with Crippen molar-refractivity contribution in [2.24, 2.45) is 11.7 Å². The third-order valence-electron chi connectivity index (χ3n) is 2.04. The Hall–Kier alpha value is -0.380. The van der Waals surface area contributed by atoms with E-state index in [1.165, 1.54) is 10.4 Å². The summed E-state index contributed by atoms with van der Waals surface area (Å²) in [5.41, 5.74) is 6.99. The lowest BCUT2D eigenvalue weighted by molar-refractivity contribution is 0.0424. The molecular weight excluding hydrogens is 194 g/mol. The predicted octanol–water partition coefficient (Wildman–Crippen LogP) is 2.73. The van der Waals surface area contributed by atoms with Crippen LogP contribution >= 0.6 is 11.3 Å². The number of hydrogen-bond donors (Lipinski definition) is 1. The summed E-state index contributed by atoms with van der Waals surface area (Å²) in [6.45, 7) is 7.74. The van der Waals surface area contributed by atoms with Crippen LogP contribution in [0.4, 0.5) is 0 Å². The van der Waals surface area contributed by atoms with E-state index in [1.807, 2.05) is 0 Å². The first kappa shape index (κ1) is 11.7. The number of ether oxygens (including phenoxy) is 1. The van der Waals surface area contributed by atoms with Crippen molar-refractivity contribution >= 4 is 11.3 Å². The number of nitrogens with two attached hydrogens (primary N) is 1. The van der Waals surface area contributed by atoms with Crippen LogP contribution in [0.25, 0.3) is 0 Å². The fourth-order valence-corrected chi connectivity index (χ4v) is 2.26. The molecule has 0 spiro atoms. The zero-order valence-electron chi connectivity index (χ0n) is 9.12. The maximum absolute atomic E-state index is 5.76. The van der Waals surface area contributed by atoms with Gasteiger partial charge in [-0.2, -0.15) is 0 Å². The number of hydrogen-bond acceptors (Lipinski definition) is 3. The van der Waals surface area contributed by atoms with Crippen LogP contribution in [0.5, 0.6) is 0 Å². The molecule has 0 radical (unpaired) electrons. The molecular formula is C11H19NOS. The van der Waals surface area contributed by atoms with E-state index in [0.29, 0.717) is 12.5 Å². The summed E-state index contributed by atoms with van der Waals surface area (Å²) in [6, 6.07) is 2.11. The molecule has 80 valence electrons. The van der Waals surface area contributed by atoms with E-state index in [2.05, 4.69) is 32.2 Å². The first-order valence-electron chi connectivity index (χ1n) is 5.00. The van der Waals surface area contributed by atoms with Crippen LogP contribution in [0.1, 0.15) is 30.4 Å². The Bertz CT molecular complexity index is 270. The van der Waals surface area contributed by atoms with Gasteiger partial charge in [0.25, 0.3) is 0 Å². The fourth-order valence-electron chi connectivity index (χ4n) is 1.27. The molecule has 3 heteroatoms. The van der Waals surface area contributed by atoms with Gasteiger partial charge in [-0.3, -0.25) is 0 Å². The van der Waals surface area contributed by atoms with Crippen molar-refractivity contribution in [2.75, 3.05) is 13.2 Å². The molecule has 0 aliphatic rings. The molecule has 1 atom stereocenters. The highest BCUT2D eigenvalue weighted by molar-refractivity contribution is 7.10. The van der Waals surface area contributed by atoms with Crippen LogP contribution in [-0.2, 0) is 4.74 Å². The van der Waals surface area contributed by atoms with Crippen LogP contribution in [0, 0.1) is 12.8 Å². The van der Waals surface area contributed by atoms with Gasteiger partial charge in [0.1, 0.15) is 6.10 Å². The summed E-state index contributed by atoms with van der Waals surface area (Å²) in [6.07, 6.45) is 0.0809. The summed E-state index contributed by atoms with van der Waals surface area (Å²) in [7, 11) is 0. The number of aryl methyl sites for hydroxylation is 1. The molecule has 2 N–H and O–H groups in total. The number of rotatable bonds is 5. The van der Waals surface area contributed by atoms with Crippen molar-refractivity contribution in [3.63, 3.8) is 0 Å². The maximum atomic E-state index is 5.76. The third-order valence-corrected chi connectivity index (χ3v) is 3.15. The second-order valence-corrected chi connectivity index (χ2v) is 4.87. The largest absolute Gasteiger partial charge is 0.371 e. The van der Waals surface area contributed by atoms with E-state index in [4.69, 9.17) is 10.5 Å². The van der Waals surface area contributed by atoms with Gasteiger partial charge < -0.3 is 10.5 Å². The highest BCUT2D eigenvalue weighted by atomic mass is 32.1. The van der Waals surface area contributed by atoms with E-state index < -0.39 is 0 Å². The standard InChI is InChI=1S/C11H19NOS/c1-8(2)7-13-10(6-12)11-9(3)4-5-14-11/h4-5,8,10H,6-7,12H2,1-3H3. The monoisotopic (exact) mass is 213 g/mol. The van der Waals surface area contributed by atoms with Crippen LogP contribution in [0.15, 0.2) is 11.4 Å². The van der Waals surface area contributed by atoms with Gasteiger partial charge in [0.2, 0.25) is 0 Å². The average molecular weight is 213 g/mol. The van der Waals surface area contributed by atoms with Gasteiger partial charge >= 0.3 is 0 Å². The maximum Gasteiger partial charge on any atom is 0.104 e. The first-order chi connectivity index (χ1) is 6.65.